The number of fused-ring (bicyclic) bond motifs is 1. The van der Waals surface area contributed by atoms with Crippen LogP contribution in [0.2, 0.25) is 0 Å². The second-order valence-electron chi connectivity index (χ2n) is 6.30. The molecule has 0 aliphatic rings. The van der Waals surface area contributed by atoms with Crippen molar-refractivity contribution in [1.29, 1.82) is 0 Å². The molecule has 5 aromatic rings. The van der Waals surface area contributed by atoms with Gasteiger partial charge in [0, 0.05) is 28.9 Å². The van der Waals surface area contributed by atoms with Crippen LogP contribution in [-0.4, -0.2) is 24.9 Å². The van der Waals surface area contributed by atoms with Crippen molar-refractivity contribution in [3.8, 4) is 34.0 Å². The Hall–Kier alpha value is -3.99. The first-order valence-corrected chi connectivity index (χ1v) is 8.93. The lowest BCUT2D eigenvalue weighted by Gasteiger charge is -2.10. The van der Waals surface area contributed by atoms with E-state index in [1.807, 2.05) is 60.7 Å². The van der Waals surface area contributed by atoms with Crippen molar-refractivity contribution in [2.24, 2.45) is 0 Å². The van der Waals surface area contributed by atoms with Gasteiger partial charge in [-0.3, -0.25) is 4.98 Å². The van der Waals surface area contributed by atoms with Gasteiger partial charge >= 0.3 is 0 Å². The molecule has 28 heavy (non-hydrogen) atoms. The largest absolute Gasteiger partial charge is 0.253 e. The zero-order valence-corrected chi connectivity index (χ0v) is 14.9. The van der Waals surface area contributed by atoms with E-state index >= 15 is 0 Å². The zero-order valence-electron chi connectivity index (χ0n) is 14.9. The van der Waals surface area contributed by atoms with Crippen molar-refractivity contribution in [3.05, 3.63) is 91.5 Å². The number of nitrogens with zero attached hydrogens (tertiary/aromatic N) is 5. The van der Waals surface area contributed by atoms with Crippen molar-refractivity contribution >= 4 is 10.9 Å². The molecule has 0 saturated heterocycles. The molecule has 0 bridgehead atoms. The molecule has 2 aromatic carbocycles. The first-order chi connectivity index (χ1) is 13.9. The van der Waals surface area contributed by atoms with E-state index < -0.39 is 0 Å². The minimum atomic E-state index is 0.613. The smallest absolute Gasteiger partial charge is 0.179 e. The summed E-state index contributed by atoms with van der Waals surface area (Å²) in [4.78, 5) is 22.4. The highest BCUT2D eigenvalue weighted by Crippen LogP contribution is 2.30. The van der Waals surface area contributed by atoms with E-state index in [-0.39, 0.29) is 0 Å². The van der Waals surface area contributed by atoms with E-state index in [0.717, 1.165) is 39.1 Å². The van der Waals surface area contributed by atoms with E-state index in [1.54, 1.807) is 18.7 Å². The van der Waals surface area contributed by atoms with Gasteiger partial charge in [0.1, 0.15) is 12.0 Å². The molecule has 0 amide bonds. The van der Waals surface area contributed by atoms with Gasteiger partial charge in [-0.2, -0.15) is 0 Å². The number of rotatable bonds is 3. The van der Waals surface area contributed by atoms with Crippen LogP contribution in [-0.2, 0) is 0 Å². The molecule has 3 heterocycles. The number of aromatic nitrogens is 5. The van der Waals surface area contributed by atoms with Crippen LogP contribution in [0.15, 0.2) is 91.5 Å². The van der Waals surface area contributed by atoms with Crippen molar-refractivity contribution in [1.82, 2.24) is 24.9 Å². The minimum absolute atomic E-state index is 0.613. The Labute approximate surface area is 161 Å². The molecule has 0 radical (unpaired) electrons. The lowest BCUT2D eigenvalue weighted by Crippen LogP contribution is -1.96. The van der Waals surface area contributed by atoms with Gasteiger partial charge in [0.2, 0.25) is 0 Å². The highest BCUT2D eigenvalue weighted by Gasteiger charge is 2.12. The summed E-state index contributed by atoms with van der Waals surface area (Å²) in [6.07, 6.45) is 5.05. The summed E-state index contributed by atoms with van der Waals surface area (Å²) in [7, 11) is 0. The van der Waals surface area contributed by atoms with Crippen LogP contribution in [0, 0.1) is 0 Å². The summed E-state index contributed by atoms with van der Waals surface area (Å²) in [5.74, 6) is 0.613. The van der Waals surface area contributed by atoms with Crippen molar-refractivity contribution in [3.63, 3.8) is 0 Å². The third kappa shape index (κ3) is 2.99. The Balaban J connectivity index is 1.73. The van der Waals surface area contributed by atoms with E-state index in [4.69, 9.17) is 9.97 Å². The summed E-state index contributed by atoms with van der Waals surface area (Å²) >= 11 is 0. The Kier molecular flexibility index (Phi) is 4.03. The summed E-state index contributed by atoms with van der Waals surface area (Å²) in [5, 5.41) is 1.00. The lowest BCUT2D eigenvalue weighted by atomic mass is 10.0. The molecule has 5 heteroatoms. The van der Waals surface area contributed by atoms with Gasteiger partial charge in [-0.15, -0.1) is 0 Å². The van der Waals surface area contributed by atoms with Crippen LogP contribution >= 0.6 is 0 Å². The molecule has 0 saturated carbocycles. The van der Waals surface area contributed by atoms with Gasteiger partial charge in [-0.1, -0.05) is 42.5 Å². The monoisotopic (exact) mass is 361 g/mol. The Morgan fingerprint density at radius 1 is 0.607 bits per heavy atom. The first-order valence-electron chi connectivity index (χ1n) is 8.93. The fourth-order valence-electron chi connectivity index (χ4n) is 3.19. The number of para-hydroxylation sites is 1. The van der Waals surface area contributed by atoms with Gasteiger partial charge in [0.05, 0.1) is 16.9 Å². The van der Waals surface area contributed by atoms with E-state index in [1.165, 1.54) is 0 Å². The molecular formula is C23H15N5. The van der Waals surface area contributed by atoms with Crippen molar-refractivity contribution in [2.75, 3.05) is 0 Å². The van der Waals surface area contributed by atoms with Gasteiger partial charge in [0.25, 0.3) is 0 Å². The Morgan fingerprint density at radius 3 is 2.36 bits per heavy atom. The first kappa shape index (κ1) is 16.2. The maximum atomic E-state index is 4.87. The second-order valence-corrected chi connectivity index (χ2v) is 6.30. The molecule has 0 aliphatic heterocycles. The normalized spacial score (nSPS) is 10.9. The molecule has 3 aromatic heterocycles. The molecule has 5 rings (SSSR count). The average molecular weight is 361 g/mol. The number of pyridine rings is 1. The maximum absolute atomic E-state index is 4.87. The molecule has 0 fully saturated rings. The predicted octanol–water partition coefficient (Wildman–Crippen LogP) is 4.82. The molecule has 0 atom stereocenters. The summed E-state index contributed by atoms with van der Waals surface area (Å²) in [6, 6.07) is 23.9. The highest BCUT2D eigenvalue weighted by atomic mass is 14.9. The van der Waals surface area contributed by atoms with Gasteiger partial charge in [0.15, 0.2) is 5.82 Å². The average Bonchev–Trinajstić information content (AvgIpc) is 2.79. The lowest BCUT2D eigenvalue weighted by molar-refractivity contribution is 1.17. The van der Waals surface area contributed by atoms with Crippen LogP contribution in [0.3, 0.4) is 0 Å². The van der Waals surface area contributed by atoms with E-state index in [0.29, 0.717) is 5.82 Å². The molecule has 0 unspecified atom stereocenters. The summed E-state index contributed by atoms with van der Waals surface area (Å²) in [5.41, 5.74) is 5.42. The Morgan fingerprint density at radius 2 is 1.50 bits per heavy atom. The number of benzene rings is 2. The van der Waals surface area contributed by atoms with Crippen molar-refractivity contribution < 1.29 is 0 Å². The van der Waals surface area contributed by atoms with Crippen LogP contribution in [0.25, 0.3) is 44.9 Å². The molecule has 5 nitrogen and oxygen atoms in total. The standard InChI is InChI=1S/C23H15N5/c1-2-9-20-18(8-1)22(28-23(27-20)21-10-3-4-12-25-21)17-7-5-6-16(14-17)19-11-13-24-15-26-19/h1-15H. The predicted molar refractivity (Wildman–Crippen MR) is 109 cm³/mol. The second kappa shape index (κ2) is 6.96. The fourth-order valence-corrected chi connectivity index (χ4v) is 3.19. The van der Waals surface area contributed by atoms with Crippen molar-refractivity contribution in [2.45, 2.75) is 0 Å². The van der Waals surface area contributed by atoms with Crippen LogP contribution in [0.5, 0.6) is 0 Å². The highest BCUT2D eigenvalue weighted by molar-refractivity contribution is 5.94. The van der Waals surface area contributed by atoms with E-state index in [2.05, 4.69) is 27.1 Å². The number of hydrogen-bond donors (Lipinski definition) is 0. The molecule has 0 spiro atoms. The SMILES string of the molecule is c1ccc(-c2nc(-c3cccc(-c4ccncn4)c3)c3ccccc3n2)nc1. The third-order valence-electron chi connectivity index (χ3n) is 4.51. The molecule has 0 N–H and O–H groups in total. The van der Waals surface area contributed by atoms with Crippen LogP contribution < -0.4 is 0 Å². The third-order valence-corrected chi connectivity index (χ3v) is 4.51. The van der Waals surface area contributed by atoms with Gasteiger partial charge < -0.3 is 0 Å². The molecular weight excluding hydrogens is 346 g/mol. The summed E-state index contributed by atoms with van der Waals surface area (Å²) < 4.78 is 0. The quantitative estimate of drug-likeness (QED) is 0.461. The summed E-state index contributed by atoms with van der Waals surface area (Å²) in [6.45, 7) is 0. The van der Waals surface area contributed by atoms with Gasteiger partial charge in [-0.25, -0.2) is 19.9 Å². The topological polar surface area (TPSA) is 64.5 Å². The molecule has 132 valence electrons. The minimum Gasteiger partial charge on any atom is -0.253 e. The Bertz CT molecular complexity index is 1250. The van der Waals surface area contributed by atoms with Gasteiger partial charge in [-0.05, 0) is 30.3 Å². The fraction of sp³-hybridized carbons (Fsp3) is 0. The maximum Gasteiger partial charge on any atom is 0.179 e. The van der Waals surface area contributed by atoms with E-state index in [9.17, 15) is 0 Å². The zero-order chi connectivity index (χ0) is 18.8. The molecule has 0 aliphatic carbocycles. The van der Waals surface area contributed by atoms with Crippen LogP contribution in [0.4, 0.5) is 0 Å². The van der Waals surface area contributed by atoms with Crippen LogP contribution in [0.1, 0.15) is 0 Å². The number of hydrogen-bond acceptors (Lipinski definition) is 5.